The molecule has 0 aliphatic rings. The van der Waals surface area contributed by atoms with Gasteiger partial charge in [0.25, 0.3) is 5.91 Å². The van der Waals surface area contributed by atoms with Gasteiger partial charge in [0.05, 0.1) is 17.8 Å². The zero-order chi connectivity index (χ0) is 23.3. The van der Waals surface area contributed by atoms with Gasteiger partial charge in [-0.15, -0.1) is 0 Å². The number of amides is 1. The Bertz CT molecular complexity index is 1340. The number of anilines is 3. The normalized spacial score (nSPS) is 11.2. The van der Waals surface area contributed by atoms with Crippen LogP contribution in [-0.4, -0.2) is 14.3 Å². The van der Waals surface area contributed by atoms with Crippen molar-refractivity contribution in [3.63, 3.8) is 0 Å². The molecule has 0 bridgehead atoms. The number of halogens is 1. The summed E-state index contributed by atoms with van der Waals surface area (Å²) in [5.41, 5.74) is 2.53. The van der Waals surface area contributed by atoms with E-state index in [1.165, 1.54) is 24.5 Å². The third-order valence-corrected chi connectivity index (χ3v) is 6.59. The fourth-order valence-corrected chi connectivity index (χ4v) is 4.55. The van der Waals surface area contributed by atoms with Gasteiger partial charge in [-0.2, -0.15) is 0 Å². The van der Waals surface area contributed by atoms with Gasteiger partial charge in [0, 0.05) is 22.6 Å². The summed E-state index contributed by atoms with van der Waals surface area (Å²) in [6.45, 7) is -0.0363. The number of sulfonamides is 1. The highest BCUT2D eigenvalue weighted by Crippen LogP contribution is 2.24. The van der Waals surface area contributed by atoms with E-state index in [-0.39, 0.29) is 22.0 Å². The Balaban J connectivity index is 1.45. The summed E-state index contributed by atoms with van der Waals surface area (Å²) < 4.78 is 32.9. The highest BCUT2D eigenvalue weighted by atomic mass is 35.5. The molecule has 3 aromatic carbocycles. The molecule has 0 saturated carbocycles. The molecule has 0 spiro atoms. The molecule has 1 aromatic heterocycles. The maximum absolute atomic E-state index is 12.7. The summed E-state index contributed by atoms with van der Waals surface area (Å²) in [6.07, 6.45) is 1.45. The SMILES string of the molecule is O=C(Nc1ccc(Nc2ccccc2)cc1)c1ccc(Cl)c(S(=O)(=O)NCc2ccco2)c1. The topological polar surface area (TPSA) is 100 Å². The average molecular weight is 482 g/mol. The van der Waals surface area contributed by atoms with Gasteiger partial charge in [0.1, 0.15) is 10.7 Å². The average Bonchev–Trinajstić information content (AvgIpc) is 3.34. The van der Waals surface area contributed by atoms with Crippen LogP contribution in [-0.2, 0) is 16.6 Å². The predicted octanol–water partition coefficient (Wildman–Crippen LogP) is 5.41. The number of nitrogens with one attached hydrogen (secondary N) is 3. The van der Waals surface area contributed by atoms with Crippen LogP contribution in [0.1, 0.15) is 16.1 Å². The van der Waals surface area contributed by atoms with E-state index in [0.717, 1.165) is 11.4 Å². The summed E-state index contributed by atoms with van der Waals surface area (Å²) >= 11 is 6.11. The molecule has 1 amide bonds. The largest absolute Gasteiger partial charge is 0.468 e. The minimum atomic E-state index is -3.96. The molecule has 4 aromatic rings. The van der Waals surface area contributed by atoms with Crippen molar-refractivity contribution in [1.29, 1.82) is 0 Å². The molecule has 0 atom stereocenters. The molecular formula is C24H20ClN3O4S. The van der Waals surface area contributed by atoms with Gasteiger partial charge in [0.15, 0.2) is 0 Å². The molecule has 3 N–H and O–H groups in total. The standard InChI is InChI=1S/C24H20ClN3O4S/c25-22-13-8-17(15-23(22)33(30,31)26-16-21-7-4-14-32-21)24(29)28-20-11-9-19(10-12-20)27-18-5-2-1-3-6-18/h1-15,26-27H,16H2,(H,28,29). The molecule has 0 fully saturated rings. The maximum Gasteiger partial charge on any atom is 0.255 e. The van der Waals surface area contributed by atoms with Crippen LogP contribution in [0.4, 0.5) is 17.1 Å². The number of rotatable bonds is 8. The Hall–Kier alpha value is -3.59. The summed E-state index contributed by atoms with van der Waals surface area (Å²) in [5.74, 6) is -0.00767. The highest BCUT2D eigenvalue weighted by molar-refractivity contribution is 7.89. The van der Waals surface area contributed by atoms with Crippen LogP contribution < -0.4 is 15.4 Å². The van der Waals surface area contributed by atoms with Crippen molar-refractivity contribution in [2.75, 3.05) is 10.6 Å². The van der Waals surface area contributed by atoms with Crippen LogP contribution in [0.25, 0.3) is 0 Å². The second kappa shape index (κ2) is 9.91. The second-order valence-electron chi connectivity index (χ2n) is 7.07. The third-order valence-electron chi connectivity index (χ3n) is 4.70. The number of furan rings is 1. The van der Waals surface area contributed by atoms with Crippen molar-refractivity contribution in [3.8, 4) is 0 Å². The fourth-order valence-electron chi connectivity index (χ4n) is 3.04. The molecule has 0 unspecified atom stereocenters. The molecular weight excluding hydrogens is 462 g/mol. The Labute approximate surface area is 196 Å². The van der Waals surface area contributed by atoms with Crippen molar-refractivity contribution in [2.45, 2.75) is 11.4 Å². The van der Waals surface area contributed by atoms with Crippen molar-refractivity contribution < 1.29 is 17.6 Å². The zero-order valence-electron chi connectivity index (χ0n) is 17.3. The number of para-hydroxylation sites is 1. The van der Waals surface area contributed by atoms with Gasteiger partial charge < -0.3 is 15.1 Å². The summed E-state index contributed by atoms with van der Waals surface area (Å²) in [5, 5.41) is 6.03. The van der Waals surface area contributed by atoms with E-state index < -0.39 is 15.9 Å². The molecule has 7 nitrogen and oxygen atoms in total. The number of benzene rings is 3. The number of hydrogen-bond acceptors (Lipinski definition) is 5. The van der Waals surface area contributed by atoms with Crippen molar-refractivity contribution in [2.24, 2.45) is 0 Å². The van der Waals surface area contributed by atoms with E-state index in [2.05, 4.69) is 15.4 Å². The zero-order valence-corrected chi connectivity index (χ0v) is 18.9. The van der Waals surface area contributed by atoms with Gasteiger partial charge in [0.2, 0.25) is 10.0 Å². The molecule has 0 saturated heterocycles. The summed E-state index contributed by atoms with van der Waals surface area (Å²) in [6, 6.07) is 24.3. The van der Waals surface area contributed by atoms with Gasteiger partial charge in [-0.1, -0.05) is 29.8 Å². The molecule has 9 heteroatoms. The van der Waals surface area contributed by atoms with E-state index in [9.17, 15) is 13.2 Å². The van der Waals surface area contributed by atoms with Crippen LogP contribution in [0.5, 0.6) is 0 Å². The van der Waals surface area contributed by atoms with Gasteiger partial charge in [-0.05, 0) is 66.7 Å². The lowest BCUT2D eigenvalue weighted by Crippen LogP contribution is -2.24. The van der Waals surface area contributed by atoms with Gasteiger partial charge in [-0.3, -0.25) is 4.79 Å². The first-order valence-electron chi connectivity index (χ1n) is 9.96. The lowest BCUT2D eigenvalue weighted by Gasteiger charge is -2.11. The molecule has 0 aliphatic heterocycles. The lowest BCUT2D eigenvalue weighted by atomic mass is 10.2. The fraction of sp³-hybridized carbons (Fsp3) is 0.0417. The van der Waals surface area contributed by atoms with Crippen molar-refractivity contribution >= 4 is 44.6 Å². The van der Waals surface area contributed by atoms with Crippen LogP contribution in [0.2, 0.25) is 5.02 Å². The van der Waals surface area contributed by atoms with Crippen LogP contribution in [0, 0.1) is 0 Å². The Morgan fingerprint density at radius 2 is 1.55 bits per heavy atom. The number of hydrogen-bond donors (Lipinski definition) is 3. The first kappa shape index (κ1) is 22.6. The maximum atomic E-state index is 12.7. The highest BCUT2D eigenvalue weighted by Gasteiger charge is 2.20. The first-order chi connectivity index (χ1) is 15.9. The second-order valence-corrected chi connectivity index (χ2v) is 9.21. The van der Waals surface area contributed by atoms with E-state index in [4.69, 9.17) is 16.0 Å². The van der Waals surface area contributed by atoms with Crippen molar-refractivity contribution in [3.05, 3.63) is 108 Å². The molecule has 4 rings (SSSR count). The molecule has 0 radical (unpaired) electrons. The minimum absolute atomic E-state index is 0.00911. The first-order valence-corrected chi connectivity index (χ1v) is 11.8. The van der Waals surface area contributed by atoms with E-state index in [0.29, 0.717) is 11.4 Å². The smallest absolute Gasteiger partial charge is 0.255 e. The molecule has 1 heterocycles. The van der Waals surface area contributed by atoms with Crippen LogP contribution in [0.3, 0.4) is 0 Å². The van der Waals surface area contributed by atoms with E-state index in [1.807, 2.05) is 42.5 Å². The quantitative estimate of drug-likeness (QED) is 0.312. The lowest BCUT2D eigenvalue weighted by molar-refractivity contribution is 0.102. The van der Waals surface area contributed by atoms with Gasteiger partial charge in [-0.25, -0.2) is 13.1 Å². The predicted molar refractivity (Wildman–Crippen MR) is 128 cm³/mol. The monoisotopic (exact) mass is 481 g/mol. The van der Waals surface area contributed by atoms with E-state index in [1.54, 1.807) is 24.3 Å². The van der Waals surface area contributed by atoms with Crippen molar-refractivity contribution in [1.82, 2.24) is 4.72 Å². The molecule has 0 aliphatic carbocycles. The van der Waals surface area contributed by atoms with Crippen LogP contribution >= 0.6 is 11.6 Å². The third kappa shape index (κ3) is 5.81. The Kier molecular flexibility index (Phi) is 6.79. The minimum Gasteiger partial charge on any atom is -0.468 e. The molecule has 168 valence electrons. The number of carbonyl (C=O) groups excluding carboxylic acids is 1. The molecule has 33 heavy (non-hydrogen) atoms. The number of carbonyl (C=O) groups is 1. The summed E-state index contributed by atoms with van der Waals surface area (Å²) in [4.78, 5) is 12.5. The van der Waals surface area contributed by atoms with E-state index >= 15 is 0 Å². The Morgan fingerprint density at radius 3 is 2.24 bits per heavy atom. The Morgan fingerprint density at radius 1 is 0.848 bits per heavy atom. The van der Waals surface area contributed by atoms with Gasteiger partial charge >= 0.3 is 0 Å². The van der Waals surface area contributed by atoms with Crippen LogP contribution in [0.15, 0.2) is 101 Å². The summed E-state index contributed by atoms with van der Waals surface area (Å²) in [7, 11) is -3.96.